The van der Waals surface area contributed by atoms with Crippen LogP contribution in [0.1, 0.15) is 45.4 Å². The van der Waals surface area contributed by atoms with E-state index in [9.17, 15) is 0 Å². The topological polar surface area (TPSA) is 0 Å². The lowest BCUT2D eigenvalue weighted by molar-refractivity contribution is 0.627. The molecule has 0 aromatic carbocycles. The summed E-state index contributed by atoms with van der Waals surface area (Å²) < 4.78 is 0. The third kappa shape index (κ3) is 11.9. The fourth-order valence-electron chi connectivity index (χ4n) is 0.925. The summed E-state index contributed by atoms with van der Waals surface area (Å²) in [6, 6.07) is 0. The number of hydrogen-bond acceptors (Lipinski definition) is 0. The Hall–Kier alpha value is 1.16. The molecule has 64 valence electrons. The van der Waals surface area contributed by atoms with Gasteiger partial charge in [-0.3, -0.25) is 0 Å². The largest absolute Gasteiger partial charge is 0.138 e. The third-order valence-electron chi connectivity index (χ3n) is 1.56. The second-order valence-corrected chi connectivity index (χ2v) is 3.13. The van der Waals surface area contributed by atoms with Gasteiger partial charge in [0, 0.05) is 0 Å². The van der Waals surface area contributed by atoms with Crippen LogP contribution in [0.15, 0.2) is 0 Å². The summed E-state index contributed by atoms with van der Waals surface area (Å²) in [7, 11) is 2.78. The van der Waals surface area contributed by atoms with Crippen molar-refractivity contribution in [3.63, 3.8) is 0 Å². The lowest BCUT2D eigenvalue weighted by Gasteiger charge is -1.96. The van der Waals surface area contributed by atoms with E-state index in [-0.39, 0.29) is 24.0 Å². The van der Waals surface area contributed by atoms with Crippen LogP contribution in [0.3, 0.4) is 0 Å². The van der Waals surface area contributed by atoms with Crippen molar-refractivity contribution in [1.29, 1.82) is 0 Å². The second-order valence-electron chi connectivity index (χ2n) is 2.56. The first-order valence-electron chi connectivity index (χ1n) is 4.12. The molecule has 10 heavy (non-hydrogen) atoms. The maximum absolute atomic E-state index is 2.78. The van der Waals surface area contributed by atoms with E-state index in [2.05, 4.69) is 16.2 Å². The molecule has 1 atom stereocenters. The molecule has 0 radical (unpaired) electrons. The molecule has 0 saturated heterocycles. The first kappa shape index (κ1) is 13.7. The molecule has 0 spiro atoms. The molecule has 0 rings (SSSR count). The van der Waals surface area contributed by atoms with Gasteiger partial charge in [0.1, 0.15) is 0 Å². The molecule has 0 N–H and O–H groups in total. The molecule has 0 aliphatic rings. The zero-order chi connectivity index (χ0) is 6.95. The predicted octanol–water partition coefficient (Wildman–Crippen LogP) is 3.84. The van der Waals surface area contributed by atoms with E-state index in [0.717, 1.165) is 0 Å². The average Bonchev–Trinajstić information content (AvgIpc) is 1.89. The van der Waals surface area contributed by atoms with E-state index in [1.165, 1.54) is 44.7 Å². The SMILES string of the molecule is CCCCCCCCP.I. The van der Waals surface area contributed by atoms with Crippen molar-refractivity contribution >= 4 is 33.2 Å². The highest BCUT2D eigenvalue weighted by Crippen LogP contribution is 2.05. The van der Waals surface area contributed by atoms with Crippen molar-refractivity contribution in [2.24, 2.45) is 0 Å². The van der Waals surface area contributed by atoms with E-state index in [1.54, 1.807) is 0 Å². The Morgan fingerprint density at radius 1 is 0.900 bits per heavy atom. The van der Waals surface area contributed by atoms with Crippen LogP contribution in [0.25, 0.3) is 0 Å². The van der Waals surface area contributed by atoms with Gasteiger partial charge in [0.25, 0.3) is 0 Å². The first-order valence-corrected chi connectivity index (χ1v) is 4.93. The van der Waals surface area contributed by atoms with Crippen molar-refractivity contribution in [3.8, 4) is 0 Å². The minimum Gasteiger partial charge on any atom is -0.138 e. The summed E-state index contributed by atoms with van der Waals surface area (Å²) in [5.41, 5.74) is 0. The summed E-state index contributed by atoms with van der Waals surface area (Å²) in [5.74, 6) is 0. The van der Waals surface area contributed by atoms with Crippen LogP contribution < -0.4 is 0 Å². The molecule has 0 saturated carbocycles. The molecule has 2 heteroatoms. The number of rotatable bonds is 6. The van der Waals surface area contributed by atoms with Crippen LogP contribution in [0.4, 0.5) is 0 Å². The summed E-state index contributed by atoms with van der Waals surface area (Å²) in [6.45, 7) is 2.26. The average molecular weight is 274 g/mol. The van der Waals surface area contributed by atoms with Gasteiger partial charge in [-0.15, -0.1) is 33.2 Å². The van der Waals surface area contributed by atoms with Crippen molar-refractivity contribution in [2.75, 3.05) is 6.16 Å². The Kier molecular flexibility index (Phi) is 17.6. The zero-order valence-electron chi connectivity index (χ0n) is 6.94. The van der Waals surface area contributed by atoms with Crippen molar-refractivity contribution in [1.82, 2.24) is 0 Å². The minimum absolute atomic E-state index is 0. The van der Waals surface area contributed by atoms with E-state index < -0.39 is 0 Å². The highest BCUT2D eigenvalue weighted by Gasteiger charge is 1.85. The molecule has 0 amide bonds. The van der Waals surface area contributed by atoms with Crippen LogP contribution in [0.2, 0.25) is 0 Å². The van der Waals surface area contributed by atoms with Crippen LogP contribution in [-0.2, 0) is 0 Å². The maximum Gasteiger partial charge on any atom is -0.0381 e. The van der Waals surface area contributed by atoms with E-state index in [4.69, 9.17) is 0 Å². The maximum atomic E-state index is 2.78. The predicted molar refractivity (Wildman–Crippen MR) is 63.4 cm³/mol. The normalized spacial score (nSPS) is 9.00. The van der Waals surface area contributed by atoms with Gasteiger partial charge in [0.05, 0.1) is 0 Å². The smallest absolute Gasteiger partial charge is 0.0381 e. The lowest BCUT2D eigenvalue weighted by atomic mass is 10.1. The first-order chi connectivity index (χ1) is 4.41. The molecule has 0 aliphatic carbocycles. The Bertz CT molecular complexity index is 42.5. The molecule has 0 aliphatic heterocycles. The summed E-state index contributed by atoms with van der Waals surface area (Å²) in [5, 5.41) is 0. The Labute approximate surface area is 84.8 Å². The Morgan fingerprint density at radius 3 is 1.90 bits per heavy atom. The van der Waals surface area contributed by atoms with Crippen LogP contribution >= 0.6 is 33.2 Å². The molecule has 0 aromatic heterocycles. The lowest BCUT2D eigenvalue weighted by Crippen LogP contribution is -1.78. The van der Waals surface area contributed by atoms with Gasteiger partial charge in [-0.1, -0.05) is 39.0 Å². The number of halogens is 1. The van der Waals surface area contributed by atoms with E-state index in [1.807, 2.05) is 0 Å². The molecular weight excluding hydrogens is 254 g/mol. The van der Waals surface area contributed by atoms with Gasteiger partial charge in [0.2, 0.25) is 0 Å². The summed E-state index contributed by atoms with van der Waals surface area (Å²) in [6.07, 6.45) is 9.80. The quantitative estimate of drug-likeness (QED) is 0.392. The minimum atomic E-state index is 0. The van der Waals surface area contributed by atoms with Gasteiger partial charge in [-0.25, -0.2) is 0 Å². The van der Waals surface area contributed by atoms with Gasteiger partial charge < -0.3 is 0 Å². The van der Waals surface area contributed by atoms with E-state index >= 15 is 0 Å². The monoisotopic (exact) mass is 274 g/mol. The van der Waals surface area contributed by atoms with Crippen molar-refractivity contribution in [2.45, 2.75) is 45.4 Å². The third-order valence-corrected chi connectivity index (χ3v) is 1.97. The van der Waals surface area contributed by atoms with Crippen LogP contribution in [0.5, 0.6) is 0 Å². The molecule has 0 fully saturated rings. The number of unbranched alkanes of at least 4 members (excludes halogenated alkanes) is 5. The van der Waals surface area contributed by atoms with Crippen molar-refractivity contribution < 1.29 is 0 Å². The van der Waals surface area contributed by atoms with Gasteiger partial charge >= 0.3 is 0 Å². The molecule has 0 bridgehead atoms. The standard InChI is InChI=1S/C8H19P.HI/c1-2-3-4-5-6-7-8-9;/h2-9H2,1H3;1H. The fraction of sp³-hybridized carbons (Fsp3) is 1.00. The fourth-order valence-corrected chi connectivity index (χ4v) is 1.21. The molecule has 0 nitrogen and oxygen atoms in total. The summed E-state index contributed by atoms with van der Waals surface area (Å²) in [4.78, 5) is 0. The number of hydrogen-bond donors (Lipinski definition) is 0. The zero-order valence-corrected chi connectivity index (χ0v) is 10.4. The Morgan fingerprint density at radius 2 is 1.40 bits per heavy atom. The molecule has 0 heterocycles. The van der Waals surface area contributed by atoms with E-state index in [0.29, 0.717) is 0 Å². The highest BCUT2D eigenvalue weighted by atomic mass is 127. The molecule has 0 aromatic rings. The van der Waals surface area contributed by atoms with Crippen molar-refractivity contribution in [3.05, 3.63) is 0 Å². The summed E-state index contributed by atoms with van der Waals surface area (Å²) >= 11 is 0. The Balaban J connectivity index is 0. The molecular formula is C8H20IP. The van der Waals surface area contributed by atoms with Gasteiger partial charge in [-0.2, -0.15) is 0 Å². The second kappa shape index (κ2) is 12.8. The van der Waals surface area contributed by atoms with Crippen LogP contribution in [0, 0.1) is 0 Å². The van der Waals surface area contributed by atoms with Crippen LogP contribution in [-0.4, -0.2) is 6.16 Å². The highest BCUT2D eigenvalue weighted by molar-refractivity contribution is 14.0. The molecule has 1 unspecified atom stereocenters. The van der Waals surface area contributed by atoms with Gasteiger partial charge in [-0.05, 0) is 12.6 Å². The van der Waals surface area contributed by atoms with Gasteiger partial charge in [0.15, 0.2) is 0 Å².